The van der Waals surface area contributed by atoms with Gasteiger partial charge in [0.15, 0.2) is 0 Å². The Bertz CT molecular complexity index is 660. The summed E-state index contributed by atoms with van der Waals surface area (Å²) in [7, 11) is 0. The molecule has 1 atom stereocenters. The molecule has 2 heterocycles. The molecule has 0 bridgehead atoms. The minimum Gasteiger partial charge on any atom is -0.377 e. The molecule has 1 aromatic carbocycles. The van der Waals surface area contributed by atoms with Gasteiger partial charge in [-0.15, -0.1) is 0 Å². The van der Waals surface area contributed by atoms with Gasteiger partial charge in [0.1, 0.15) is 0 Å². The first-order valence-electron chi connectivity index (χ1n) is 8.07. The lowest BCUT2D eigenvalue weighted by atomic mass is 10.1. The van der Waals surface area contributed by atoms with E-state index in [4.69, 9.17) is 4.74 Å². The highest BCUT2D eigenvalue weighted by atomic mass is 16.5. The predicted octanol–water partition coefficient (Wildman–Crippen LogP) is 3.13. The van der Waals surface area contributed by atoms with Crippen LogP contribution in [-0.2, 0) is 17.8 Å². The number of benzene rings is 1. The number of hydrogen-bond donors (Lipinski definition) is 0. The van der Waals surface area contributed by atoms with E-state index in [0.717, 1.165) is 55.9 Å². The molecule has 0 amide bonds. The van der Waals surface area contributed by atoms with Gasteiger partial charge in [0.05, 0.1) is 23.4 Å². The van der Waals surface area contributed by atoms with Gasteiger partial charge in [-0.1, -0.05) is 24.3 Å². The van der Waals surface area contributed by atoms with Crippen LogP contribution in [0.4, 0.5) is 0 Å². The van der Waals surface area contributed by atoms with Gasteiger partial charge in [-0.3, -0.25) is 9.88 Å². The van der Waals surface area contributed by atoms with Crippen molar-refractivity contribution in [2.24, 2.45) is 0 Å². The van der Waals surface area contributed by atoms with Gasteiger partial charge in [0.25, 0.3) is 0 Å². The van der Waals surface area contributed by atoms with Crippen LogP contribution in [-0.4, -0.2) is 29.1 Å². The van der Waals surface area contributed by atoms with Crippen LogP contribution in [0.1, 0.15) is 29.7 Å². The zero-order chi connectivity index (χ0) is 15.9. The number of aromatic nitrogens is 1. The van der Waals surface area contributed by atoms with Crippen LogP contribution in [0.5, 0.6) is 0 Å². The van der Waals surface area contributed by atoms with E-state index < -0.39 is 0 Å². The monoisotopic (exact) mass is 307 g/mol. The molecule has 4 nitrogen and oxygen atoms in total. The quantitative estimate of drug-likeness (QED) is 0.822. The maximum absolute atomic E-state index is 9.30. The largest absolute Gasteiger partial charge is 0.377 e. The summed E-state index contributed by atoms with van der Waals surface area (Å²) in [6.45, 7) is 3.23. The molecular weight excluding hydrogens is 286 g/mol. The van der Waals surface area contributed by atoms with E-state index in [-0.39, 0.29) is 6.10 Å². The van der Waals surface area contributed by atoms with Crippen LogP contribution < -0.4 is 0 Å². The maximum Gasteiger partial charge on any atom is 0.0995 e. The third kappa shape index (κ3) is 4.38. The summed E-state index contributed by atoms with van der Waals surface area (Å²) >= 11 is 0. The molecule has 1 aromatic heterocycles. The van der Waals surface area contributed by atoms with Gasteiger partial charge >= 0.3 is 0 Å². The Morgan fingerprint density at radius 3 is 2.78 bits per heavy atom. The van der Waals surface area contributed by atoms with Crippen LogP contribution in [0.2, 0.25) is 0 Å². The second kappa shape index (κ2) is 7.87. The van der Waals surface area contributed by atoms with E-state index in [1.807, 2.05) is 48.7 Å². The molecule has 1 aliphatic heterocycles. The maximum atomic E-state index is 9.30. The first-order chi connectivity index (χ1) is 11.3. The van der Waals surface area contributed by atoms with Gasteiger partial charge in [-0.2, -0.15) is 5.26 Å². The fourth-order valence-corrected chi connectivity index (χ4v) is 2.99. The highest BCUT2D eigenvalue weighted by Gasteiger charge is 2.20. The molecule has 3 rings (SSSR count). The highest BCUT2D eigenvalue weighted by molar-refractivity contribution is 5.37. The van der Waals surface area contributed by atoms with E-state index in [2.05, 4.69) is 16.0 Å². The molecule has 0 saturated carbocycles. The number of rotatable bonds is 6. The van der Waals surface area contributed by atoms with Crippen molar-refractivity contribution in [3.63, 3.8) is 0 Å². The van der Waals surface area contributed by atoms with Crippen LogP contribution in [0.3, 0.4) is 0 Å². The predicted molar refractivity (Wildman–Crippen MR) is 88.5 cm³/mol. The normalized spacial score (nSPS) is 17.3. The van der Waals surface area contributed by atoms with Crippen molar-refractivity contribution in [1.29, 1.82) is 5.26 Å². The lowest BCUT2D eigenvalue weighted by Gasteiger charge is -2.25. The van der Waals surface area contributed by atoms with Crippen molar-refractivity contribution in [3.8, 4) is 6.07 Å². The fraction of sp³-hybridized carbons (Fsp3) is 0.368. The molecule has 1 fully saturated rings. The van der Waals surface area contributed by atoms with Crippen molar-refractivity contribution in [2.45, 2.75) is 32.0 Å². The molecule has 0 N–H and O–H groups in total. The van der Waals surface area contributed by atoms with E-state index >= 15 is 0 Å². The van der Waals surface area contributed by atoms with Crippen molar-refractivity contribution >= 4 is 0 Å². The molecule has 0 radical (unpaired) electrons. The SMILES string of the molecule is N#Cc1ccccc1CN(Cc1ccccn1)CC1CCCO1. The Kier molecular flexibility index (Phi) is 5.36. The third-order valence-electron chi connectivity index (χ3n) is 4.13. The standard InChI is InChI=1S/C19H21N3O/c20-12-16-6-1-2-7-17(16)13-22(15-19-9-5-11-23-19)14-18-8-3-4-10-21-18/h1-4,6-8,10,19H,5,9,11,13-15H2. The number of pyridine rings is 1. The number of nitriles is 1. The summed E-state index contributed by atoms with van der Waals surface area (Å²) < 4.78 is 5.79. The van der Waals surface area contributed by atoms with E-state index in [0.29, 0.717) is 0 Å². The summed E-state index contributed by atoms with van der Waals surface area (Å²) in [5.74, 6) is 0. The molecule has 23 heavy (non-hydrogen) atoms. The molecule has 2 aromatic rings. The number of nitrogens with zero attached hydrogens (tertiary/aromatic N) is 3. The van der Waals surface area contributed by atoms with Gasteiger partial charge in [0, 0.05) is 32.4 Å². The van der Waals surface area contributed by atoms with Gasteiger partial charge < -0.3 is 4.74 Å². The van der Waals surface area contributed by atoms with Gasteiger partial charge in [0.2, 0.25) is 0 Å². The Labute approximate surface area is 137 Å². The average Bonchev–Trinajstić information content (AvgIpc) is 3.09. The molecule has 1 aliphatic rings. The number of ether oxygens (including phenoxy) is 1. The van der Waals surface area contributed by atoms with Crippen molar-refractivity contribution in [2.75, 3.05) is 13.2 Å². The van der Waals surface area contributed by atoms with Crippen LogP contribution >= 0.6 is 0 Å². The van der Waals surface area contributed by atoms with E-state index in [1.165, 1.54) is 0 Å². The zero-order valence-electron chi connectivity index (χ0n) is 13.2. The molecule has 4 heteroatoms. The Balaban J connectivity index is 1.75. The topological polar surface area (TPSA) is 49.2 Å². The van der Waals surface area contributed by atoms with Crippen molar-refractivity contribution in [3.05, 3.63) is 65.5 Å². The van der Waals surface area contributed by atoms with Crippen LogP contribution in [0.25, 0.3) is 0 Å². The van der Waals surface area contributed by atoms with Crippen molar-refractivity contribution in [1.82, 2.24) is 9.88 Å². The molecule has 0 spiro atoms. The number of hydrogen-bond acceptors (Lipinski definition) is 4. The molecule has 0 aliphatic carbocycles. The second-order valence-electron chi connectivity index (χ2n) is 5.89. The van der Waals surface area contributed by atoms with Crippen LogP contribution in [0.15, 0.2) is 48.7 Å². The van der Waals surface area contributed by atoms with Gasteiger partial charge in [-0.25, -0.2) is 0 Å². The Hall–Kier alpha value is -2.22. The highest BCUT2D eigenvalue weighted by Crippen LogP contribution is 2.18. The fourth-order valence-electron chi connectivity index (χ4n) is 2.99. The summed E-state index contributed by atoms with van der Waals surface area (Å²) in [4.78, 5) is 6.76. The summed E-state index contributed by atoms with van der Waals surface area (Å²) in [6, 6.07) is 16.1. The minimum atomic E-state index is 0.285. The zero-order valence-corrected chi connectivity index (χ0v) is 13.2. The smallest absolute Gasteiger partial charge is 0.0995 e. The van der Waals surface area contributed by atoms with Crippen LogP contribution in [0, 0.1) is 11.3 Å². The van der Waals surface area contributed by atoms with Gasteiger partial charge in [-0.05, 0) is 36.6 Å². The third-order valence-corrected chi connectivity index (χ3v) is 4.13. The minimum absolute atomic E-state index is 0.285. The first-order valence-corrected chi connectivity index (χ1v) is 8.07. The molecule has 118 valence electrons. The molecular formula is C19H21N3O. The Morgan fingerprint density at radius 1 is 1.17 bits per heavy atom. The summed E-state index contributed by atoms with van der Waals surface area (Å²) in [5, 5.41) is 9.30. The average molecular weight is 307 g/mol. The summed E-state index contributed by atoms with van der Waals surface area (Å²) in [6.07, 6.45) is 4.35. The Morgan fingerprint density at radius 2 is 2.04 bits per heavy atom. The lowest BCUT2D eigenvalue weighted by molar-refractivity contribution is 0.0674. The van der Waals surface area contributed by atoms with Crippen molar-refractivity contribution < 1.29 is 4.74 Å². The molecule has 1 unspecified atom stereocenters. The lowest BCUT2D eigenvalue weighted by Crippen LogP contribution is -2.32. The van der Waals surface area contributed by atoms with E-state index in [9.17, 15) is 5.26 Å². The van der Waals surface area contributed by atoms with E-state index in [1.54, 1.807) is 0 Å². The summed E-state index contributed by atoms with van der Waals surface area (Å²) in [5.41, 5.74) is 2.84. The first kappa shape index (κ1) is 15.7. The molecule has 1 saturated heterocycles. The second-order valence-corrected chi connectivity index (χ2v) is 5.89.